The van der Waals surface area contributed by atoms with E-state index in [1.165, 1.54) is 0 Å². The molecule has 0 spiro atoms. The number of hydrazine groups is 1. The smallest absolute Gasteiger partial charge is 0.300 e. The Bertz CT molecular complexity index is 707. The van der Waals surface area contributed by atoms with Gasteiger partial charge in [-0.3, -0.25) is 40.7 Å². The van der Waals surface area contributed by atoms with Crippen LogP contribution in [0.15, 0.2) is 18.2 Å². The molecule has 0 radical (unpaired) electrons. The standard InChI is InChI=1S/C14H20N6O6/c1-8(2)5-10(15)14(22)16-7-13(21)18-17-11-4-3-9(19(23)24)6-12(11)20(25)26/h3-4,6,8,10,17H,5,7,15H2,1-2H3,(H,16,22)(H,18,21). The predicted octanol–water partition coefficient (Wildman–Crippen LogP) is 0.436. The summed E-state index contributed by atoms with van der Waals surface area (Å²) in [4.78, 5) is 43.5. The molecule has 26 heavy (non-hydrogen) atoms. The van der Waals surface area contributed by atoms with Gasteiger partial charge < -0.3 is 11.1 Å². The first kappa shape index (κ1) is 20.8. The zero-order valence-electron chi connectivity index (χ0n) is 14.2. The first-order valence-electron chi connectivity index (χ1n) is 7.62. The summed E-state index contributed by atoms with van der Waals surface area (Å²) in [7, 11) is 0. The lowest BCUT2D eigenvalue weighted by Gasteiger charge is -2.14. The zero-order valence-corrected chi connectivity index (χ0v) is 14.2. The molecular formula is C14H20N6O6. The van der Waals surface area contributed by atoms with Crippen LogP contribution in [0.2, 0.25) is 0 Å². The Kier molecular flexibility index (Phi) is 7.40. The molecule has 1 aromatic carbocycles. The van der Waals surface area contributed by atoms with Crippen molar-refractivity contribution in [3.8, 4) is 0 Å². The largest absolute Gasteiger partial charge is 0.346 e. The molecule has 0 aliphatic heterocycles. The summed E-state index contributed by atoms with van der Waals surface area (Å²) >= 11 is 0. The van der Waals surface area contributed by atoms with Gasteiger partial charge in [-0.15, -0.1) is 0 Å². The zero-order chi connectivity index (χ0) is 19.9. The Hall–Kier alpha value is -3.28. The second-order valence-corrected chi connectivity index (χ2v) is 5.84. The third-order valence-corrected chi connectivity index (χ3v) is 3.21. The lowest BCUT2D eigenvalue weighted by molar-refractivity contribution is -0.393. The summed E-state index contributed by atoms with van der Waals surface area (Å²) in [6.45, 7) is 3.42. The molecule has 2 amide bonds. The van der Waals surface area contributed by atoms with E-state index in [-0.39, 0.29) is 11.6 Å². The molecule has 0 aliphatic rings. The second-order valence-electron chi connectivity index (χ2n) is 5.84. The first-order valence-corrected chi connectivity index (χ1v) is 7.62. The number of nitro benzene ring substituents is 2. The highest BCUT2D eigenvalue weighted by atomic mass is 16.6. The maximum atomic E-state index is 11.7. The van der Waals surface area contributed by atoms with E-state index in [2.05, 4.69) is 16.2 Å². The molecule has 0 aromatic heterocycles. The summed E-state index contributed by atoms with van der Waals surface area (Å²) in [6, 6.07) is 2.16. The van der Waals surface area contributed by atoms with Gasteiger partial charge in [0.25, 0.3) is 11.6 Å². The Balaban J connectivity index is 2.61. The Labute approximate surface area is 148 Å². The van der Waals surface area contributed by atoms with Gasteiger partial charge in [-0.25, -0.2) is 0 Å². The first-order chi connectivity index (χ1) is 12.1. The predicted molar refractivity (Wildman–Crippen MR) is 92.0 cm³/mol. The summed E-state index contributed by atoms with van der Waals surface area (Å²) < 4.78 is 0. The molecule has 5 N–H and O–H groups in total. The van der Waals surface area contributed by atoms with Gasteiger partial charge in [-0.05, 0) is 18.4 Å². The van der Waals surface area contributed by atoms with E-state index in [0.29, 0.717) is 6.42 Å². The van der Waals surface area contributed by atoms with Crippen LogP contribution < -0.4 is 21.9 Å². The number of carbonyl (C=O) groups excluding carboxylic acids is 2. The maximum absolute atomic E-state index is 11.7. The number of nitrogens with one attached hydrogen (secondary N) is 3. The number of anilines is 1. The number of nitro groups is 2. The van der Waals surface area contributed by atoms with E-state index in [4.69, 9.17) is 5.73 Å². The summed E-state index contributed by atoms with van der Waals surface area (Å²) in [5.74, 6) is -0.952. The molecule has 0 fully saturated rings. The number of hydrogen-bond acceptors (Lipinski definition) is 8. The maximum Gasteiger partial charge on any atom is 0.300 e. The van der Waals surface area contributed by atoms with Gasteiger partial charge in [-0.1, -0.05) is 13.8 Å². The van der Waals surface area contributed by atoms with Crippen molar-refractivity contribution >= 4 is 28.9 Å². The van der Waals surface area contributed by atoms with Gasteiger partial charge in [0.2, 0.25) is 5.91 Å². The molecule has 0 aliphatic carbocycles. The van der Waals surface area contributed by atoms with Crippen LogP contribution in [-0.2, 0) is 9.59 Å². The third-order valence-electron chi connectivity index (χ3n) is 3.21. The van der Waals surface area contributed by atoms with Crippen LogP contribution in [0, 0.1) is 26.1 Å². The Morgan fingerprint density at radius 3 is 2.38 bits per heavy atom. The fourth-order valence-electron chi connectivity index (χ4n) is 1.98. The molecule has 12 nitrogen and oxygen atoms in total. The van der Waals surface area contributed by atoms with Crippen molar-refractivity contribution in [1.82, 2.24) is 10.7 Å². The van der Waals surface area contributed by atoms with E-state index in [0.717, 1.165) is 18.2 Å². The Morgan fingerprint density at radius 2 is 1.85 bits per heavy atom. The van der Waals surface area contributed by atoms with Crippen LogP contribution in [0.25, 0.3) is 0 Å². The van der Waals surface area contributed by atoms with Crippen molar-refractivity contribution < 1.29 is 19.4 Å². The van der Waals surface area contributed by atoms with Crippen molar-refractivity contribution in [2.24, 2.45) is 11.7 Å². The lowest BCUT2D eigenvalue weighted by Crippen LogP contribution is -2.46. The van der Waals surface area contributed by atoms with E-state index in [1.54, 1.807) is 0 Å². The van der Waals surface area contributed by atoms with Gasteiger partial charge in [0, 0.05) is 6.07 Å². The average Bonchev–Trinajstić information content (AvgIpc) is 2.56. The van der Waals surface area contributed by atoms with Crippen LogP contribution in [0.3, 0.4) is 0 Å². The molecule has 1 aromatic rings. The van der Waals surface area contributed by atoms with Crippen molar-refractivity contribution in [1.29, 1.82) is 0 Å². The van der Waals surface area contributed by atoms with Gasteiger partial charge >= 0.3 is 5.69 Å². The minimum atomic E-state index is -0.825. The number of nitrogens with two attached hydrogens (primary N) is 1. The monoisotopic (exact) mass is 368 g/mol. The van der Waals surface area contributed by atoms with Gasteiger partial charge in [0.1, 0.15) is 5.69 Å². The number of amides is 2. The van der Waals surface area contributed by atoms with E-state index in [1.807, 2.05) is 13.8 Å². The number of benzene rings is 1. The van der Waals surface area contributed by atoms with Crippen molar-refractivity contribution in [3.63, 3.8) is 0 Å². The Morgan fingerprint density at radius 1 is 1.19 bits per heavy atom. The number of nitrogens with zero attached hydrogens (tertiary/aromatic N) is 2. The van der Waals surface area contributed by atoms with E-state index in [9.17, 15) is 29.8 Å². The van der Waals surface area contributed by atoms with Crippen LogP contribution in [-0.4, -0.2) is 34.2 Å². The van der Waals surface area contributed by atoms with Crippen molar-refractivity contribution in [2.75, 3.05) is 12.0 Å². The molecule has 0 saturated heterocycles. The number of non-ortho nitro benzene ring substituents is 1. The quantitative estimate of drug-likeness (QED) is 0.357. The topological polar surface area (TPSA) is 183 Å². The SMILES string of the molecule is CC(C)CC(N)C(=O)NCC(=O)NNc1ccc([N+](=O)[O-])cc1[N+](=O)[O-]. The highest BCUT2D eigenvalue weighted by Gasteiger charge is 2.20. The van der Waals surface area contributed by atoms with Crippen LogP contribution in [0.5, 0.6) is 0 Å². The average molecular weight is 368 g/mol. The highest BCUT2D eigenvalue weighted by molar-refractivity contribution is 5.87. The van der Waals surface area contributed by atoms with E-state index < -0.39 is 45.6 Å². The van der Waals surface area contributed by atoms with Gasteiger partial charge in [0.15, 0.2) is 0 Å². The summed E-state index contributed by atoms with van der Waals surface area (Å²) in [5, 5.41) is 24.0. The van der Waals surface area contributed by atoms with Crippen LogP contribution in [0.4, 0.5) is 17.1 Å². The minimum Gasteiger partial charge on any atom is -0.346 e. The fourth-order valence-corrected chi connectivity index (χ4v) is 1.98. The molecule has 1 rings (SSSR count). The number of carbonyl (C=O) groups is 2. The summed E-state index contributed by atoms with van der Waals surface area (Å²) in [5.41, 5.74) is 8.95. The molecular weight excluding hydrogens is 348 g/mol. The van der Waals surface area contributed by atoms with Gasteiger partial charge in [0.05, 0.1) is 28.5 Å². The van der Waals surface area contributed by atoms with Crippen LogP contribution in [0.1, 0.15) is 20.3 Å². The molecule has 142 valence electrons. The van der Waals surface area contributed by atoms with Gasteiger partial charge in [-0.2, -0.15) is 0 Å². The van der Waals surface area contributed by atoms with E-state index >= 15 is 0 Å². The highest BCUT2D eigenvalue weighted by Crippen LogP contribution is 2.28. The second kappa shape index (κ2) is 9.27. The molecule has 1 atom stereocenters. The molecule has 12 heteroatoms. The molecule has 0 heterocycles. The number of rotatable bonds is 9. The van der Waals surface area contributed by atoms with Crippen molar-refractivity contribution in [3.05, 3.63) is 38.4 Å². The molecule has 1 unspecified atom stereocenters. The lowest BCUT2D eigenvalue weighted by atomic mass is 10.0. The normalized spacial score (nSPS) is 11.5. The molecule has 0 saturated carbocycles. The van der Waals surface area contributed by atoms with Crippen molar-refractivity contribution in [2.45, 2.75) is 26.3 Å². The fraction of sp³-hybridized carbons (Fsp3) is 0.429. The minimum absolute atomic E-state index is 0.142. The molecule has 0 bridgehead atoms. The third kappa shape index (κ3) is 6.32. The van der Waals surface area contributed by atoms with Crippen LogP contribution >= 0.6 is 0 Å². The number of hydrogen-bond donors (Lipinski definition) is 4. The summed E-state index contributed by atoms with van der Waals surface area (Å²) in [6.07, 6.45) is 0.459.